The van der Waals surface area contributed by atoms with Crippen molar-refractivity contribution in [1.82, 2.24) is 9.47 Å². The lowest BCUT2D eigenvalue weighted by Crippen LogP contribution is -2.36. The first kappa shape index (κ1) is 13.1. The zero-order chi connectivity index (χ0) is 15.3. The topological polar surface area (TPSA) is 29.6 Å². The number of nitrogens with zero attached hydrogens (tertiary/aromatic N) is 3. The molecule has 4 rings (SSSR count). The second-order valence-electron chi connectivity index (χ2n) is 6.14. The Labute approximate surface area is 129 Å². The zero-order valence-electron chi connectivity index (χ0n) is 12.5. The van der Waals surface area contributed by atoms with E-state index in [9.17, 15) is 4.79 Å². The molecule has 1 aliphatic carbocycles. The number of hydrogen-bond donors (Lipinski definition) is 0. The van der Waals surface area contributed by atoms with Crippen LogP contribution in [0.25, 0.3) is 10.5 Å². The molecule has 1 fully saturated rings. The van der Waals surface area contributed by atoms with E-state index >= 15 is 0 Å². The number of carbonyl (C=O) groups excluding carboxylic acids is 1. The molecular formula is C18H17N3O. The van der Waals surface area contributed by atoms with Gasteiger partial charge < -0.3 is 14.3 Å². The Morgan fingerprint density at radius 2 is 2.14 bits per heavy atom. The third-order valence-corrected chi connectivity index (χ3v) is 4.97. The van der Waals surface area contributed by atoms with Gasteiger partial charge in [0.15, 0.2) is 0 Å². The number of rotatable bonds is 2. The first-order chi connectivity index (χ1) is 10.7. The Hall–Kier alpha value is -2.54. The van der Waals surface area contributed by atoms with Gasteiger partial charge in [-0.25, -0.2) is 6.57 Å². The fourth-order valence-corrected chi connectivity index (χ4v) is 3.55. The molecule has 0 unspecified atom stereocenters. The molecule has 0 bridgehead atoms. The van der Waals surface area contributed by atoms with E-state index in [4.69, 9.17) is 6.57 Å². The standard InChI is InChI=1S/C18H17N3O/c1-19-10-7-13-5-6-14-16(12-13)21-11-3-4-15(21)17(22)20(2)18(14)8-9-18/h3-6,11-12H,7-10H2,2H3. The Kier molecular flexibility index (Phi) is 2.67. The van der Waals surface area contributed by atoms with Gasteiger partial charge in [-0.2, -0.15) is 0 Å². The summed E-state index contributed by atoms with van der Waals surface area (Å²) in [5, 5.41) is 0. The summed E-state index contributed by atoms with van der Waals surface area (Å²) in [7, 11) is 1.91. The lowest BCUT2D eigenvalue weighted by molar-refractivity contribution is 0.0705. The molecule has 22 heavy (non-hydrogen) atoms. The van der Waals surface area contributed by atoms with Crippen LogP contribution in [0.2, 0.25) is 0 Å². The van der Waals surface area contributed by atoms with Crippen LogP contribution in [0.1, 0.15) is 34.5 Å². The lowest BCUT2D eigenvalue weighted by atomic mass is 9.98. The predicted molar refractivity (Wildman–Crippen MR) is 83.9 cm³/mol. The molecule has 2 heterocycles. The molecule has 1 spiro atoms. The molecule has 4 nitrogen and oxygen atoms in total. The van der Waals surface area contributed by atoms with Crippen molar-refractivity contribution < 1.29 is 4.79 Å². The summed E-state index contributed by atoms with van der Waals surface area (Å²) < 4.78 is 2.00. The monoisotopic (exact) mass is 291 g/mol. The van der Waals surface area contributed by atoms with Crippen LogP contribution in [0.3, 0.4) is 0 Å². The van der Waals surface area contributed by atoms with Gasteiger partial charge >= 0.3 is 0 Å². The van der Waals surface area contributed by atoms with Crippen molar-refractivity contribution in [2.24, 2.45) is 0 Å². The zero-order valence-corrected chi connectivity index (χ0v) is 12.5. The van der Waals surface area contributed by atoms with Gasteiger partial charge in [-0.15, -0.1) is 0 Å². The van der Waals surface area contributed by atoms with Crippen LogP contribution in [-0.2, 0) is 12.0 Å². The summed E-state index contributed by atoms with van der Waals surface area (Å²) >= 11 is 0. The highest BCUT2D eigenvalue weighted by Gasteiger charge is 2.53. The van der Waals surface area contributed by atoms with Gasteiger partial charge in [-0.05, 0) is 36.6 Å². The van der Waals surface area contributed by atoms with Crippen LogP contribution < -0.4 is 0 Å². The van der Waals surface area contributed by atoms with E-state index in [2.05, 4.69) is 23.0 Å². The third kappa shape index (κ3) is 1.66. The number of amides is 1. The van der Waals surface area contributed by atoms with Crippen molar-refractivity contribution in [2.45, 2.75) is 24.8 Å². The van der Waals surface area contributed by atoms with Crippen molar-refractivity contribution in [3.05, 3.63) is 64.8 Å². The van der Waals surface area contributed by atoms with Crippen LogP contribution in [-0.4, -0.2) is 29.0 Å². The first-order valence-electron chi connectivity index (χ1n) is 7.60. The maximum absolute atomic E-state index is 12.7. The molecule has 2 aromatic rings. The fraction of sp³-hybridized carbons (Fsp3) is 0.333. The summed E-state index contributed by atoms with van der Waals surface area (Å²) in [5.74, 6) is 0.0846. The van der Waals surface area contributed by atoms with Crippen molar-refractivity contribution in [1.29, 1.82) is 0 Å². The smallest absolute Gasteiger partial charge is 0.271 e. The quantitative estimate of drug-likeness (QED) is 0.782. The summed E-state index contributed by atoms with van der Waals surface area (Å²) in [6, 6.07) is 10.2. The van der Waals surface area contributed by atoms with Gasteiger partial charge in [-0.1, -0.05) is 12.1 Å². The van der Waals surface area contributed by atoms with Crippen LogP contribution in [0.5, 0.6) is 0 Å². The number of hydrogen-bond acceptors (Lipinski definition) is 1. The Balaban J connectivity index is 1.93. The summed E-state index contributed by atoms with van der Waals surface area (Å²) in [6.45, 7) is 7.46. The molecule has 0 atom stereocenters. The van der Waals surface area contributed by atoms with E-state index in [1.54, 1.807) is 0 Å². The normalized spacial score (nSPS) is 17.6. The van der Waals surface area contributed by atoms with Gasteiger partial charge in [0.25, 0.3) is 5.91 Å². The van der Waals surface area contributed by atoms with Gasteiger partial charge in [0.1, 0.15) is 5.69 Å². The van der Waals surface area contributed by atoms with Gasteiger partial charge in [0.05, 0.1) is 11.2 Å². The molecule has 0 radical (unpaired) electrons. The molecule has 2 aliphatic rings. The number of fused-ring (bicyclic) bond motifs is 4. The van der Waals surface area contributed by atoms with Crippen LogP contribution >= 0.6 is 0 Å². The highest BCUT2D eigenvalue weighted by Crippen LogP contribution is 2.54. The molecule has 0 N–H and O–H groups in total. The summed E-state index contributed by atoms with van der Waals surface area (Å²) in [4.78, 5) is 18.1. The minimum Gasteiger partial charge on any atom is -0.331 e. The van der Waals surface area contributed by atoms with E-state index in [1.165, 1.54) is 5.56 Å². The molecule has 4 heteroatoms. The minimum absolute atomic E-state index is 0.0846. The molecule has 1 aromatic heterocycles. The average molecular weight is 291 g/mol. The van der Waals surface area contributed by atoms with E-state index < -0.39 is 0 Å². The Bertz CT molecular complexity index is 808. The second-order valence-corrected chi connectivity index (χ2v) is 6.14. The fourth-order valence-electron chi connectivity index (χ4n) is 3.55. The molecule has 1 saturated carbocycles. The Morgan fingerprint density at radius 3 is 2.86 bits per heavy atom. The second kappa shape index (κ2) is 4.48. The van der Waals surface area contributed by atoms with Crippen LogP contribution in [0, 0.1) is 6.57 Å². The maximum Gasteiger partial charge on any atom is 0.271 e. The van der Waals surface area contributed by atoms with Crippen LogP contribution in [0.15, 0.2) is 36.5 Å². The lowest BCUT2D eigenvalue weighted by Gasteiger charge is -2.27. The summed E-state index contributed by atoms with van der Waals surface area (Å²) in [5.41, 5.74) is 4.06. The number of aromatic nitrogens is 1. The molecule has 1 aromatic carbocycles. The molecule has 1 aliphatic heterocycles. The first-order valence-corrected chi connectivity index (χ1v) is 7.60. The Morgan fingerprint density at radius 1 is 1.32 bits per heavy atom. The molecule has 1 amide bonds. The summed E-state index contributed by atoms with van der Waals surface area (Å²) in [6.07, 6.45) is 4.76. The number of benzene rings is 1. The SMILES string of the molecule is [C-]#[N+]CCc1ccc2c(c1)-n1cccc1C(=O)N(C)C21CC1. The predicted octanol–water partition coefficient (Wildman–Crippen LogP) is 3.01. The van der Waals surface area contributed by atoms with E-state index in [0.29, 0.717) is 6.54 Å². The third-order valence-electron chi connectivity index (χ3n) is 4.97. The largest absolute Gasteiger partial charge is 0.331 e. The van der Waals surface area contributed by atoms with Crippen LogP contribution in [0.4, 0.5) is 0 Å². The number of carbonyl (C=O) groups is 1. The average Bonchev–Trinajstić information content (AvgIpc) is 3.21. The van der Waals surface area contributed by atoms with Gasteiger partial charge in [0.2, 0.25) is 6.54 Å². The molecular weight excluding hydrogens is 274 g/mol. The van der Waals surface area contributed by atoms with Gasteiger partial charge in [0, 0.05) is 25.2 Å². The van der Waals surface area contributed by atoms with Crippen molar-refractivity contribution in [3.8, 4) is 5.69 Å². The highest BCUT2D eigenvalue weighted by molar-refractivity contribution is 5.95. The van der Waals surface area contributed by atoms with E-state index in [1.807, 2.05) is 34.8 Å². The van der Waals surface area contributed by atoms with E-state index in [0.717, 1.165) is 36.2 Å². The van der Waals surface area contributed by atoms with Gasteiger partial charge in [-0.3, -0.25) is 4.79 Å². The van der Waals surface area contributed by atoms with Crippen molar-refractivity contribution in [2.75, 3.05) is 13.6 Å². The van der Waals surface area contributed by atoms with Crippen molar-refractivity contribution in [3.63, 3.8) is 0 Å². The van der Waals surface area contributed by atoms with Crippen molar-refractivity contribution >= 4 is 5.91 Å². The molecule has 0 saturated heterocycles. The highest BCUT2D eigenvalue weighted by atomic mass is 16.2. The molecule has 110 valence electrons. The maximum atomic E-state index is 12.7. The van der Waals surface area contributed by atoms with E-state index in [-0.39, 0.29) is 11.4 Å². The minimum atomic E-state index is -0.135.